The summed E-state index contributed by atoms with van der Waals surface area (Å²) in [6.07, 6.45) is 0.655. The maximum Gasteiger partial charge on any atom is 0.247 e. The highest BCUT2D eigenvalue weighted by Crippen LogP contribution is 2.21. The highest BCUT2D eigenvalue weighted by atomic mass is 16.2. The fourth-order valence-corrected chi connectivity index (χ4v) is 9.01. The Kier molecular flexibility index (Phi) is 22.4. The van der Waals surface area contributed by atoms with E-state index in [0.29, 0.717) is 12.0 Å². The summed E-state index contributed by atoms with van der Waals surface area (Å²) in [4.78, 5) is 156. The van der Waals surface area contributed by atoms with Crippen molar-refractivity contribution in [3.05, 3.63) is 71.9 Å². The van der Waals surface area contributed by atoms with Crippen molar-refractivity contribution in [1.29, 1.82) is 10.8 Å². The minimum atomic E-state index is -1.87. The van der Waals surface area contributed by atoms with E-state index >= 15 is 0 Å². The third kappa shape index (κ3) is 18.4. The van der Waals surface area contributed by atoms with Crippen LogP contribution in [0.1, 0.15) is 81.9 Å². The summed E-state index contributed by atoms with van der Waals surface area (Å²) in [6, 6.07) is 2.92. The largest absolute Gasteiger partial charge is 0.370 e. The lowest BCUT2D eigenvalue weighted by Gasteiger charge is -2.38. The third-order valence-electron chi connectivity index (χ3n) is 13.1. The molecule has 29 heteroatoms. The van der Waals surface area contributed by atoms with Crippen LogP contribution >= 0.6 is 0 Å². The number of H-pyrrole nitrogens is 1. The molecule has 5 rings (SSSR count). The Hall–Kier alpha value is -9.31. The Morgan fingerprint density at radius 1 is 0.671 bits per heavy atom. The molecule has 0 radical (unpaired) electrons. The van der Waals surface area contributed by atoms with Crippen LogP contribution in [0.5, 0.6) is 0 Å². The molecule has 79 heavy (non-hydrogen) atoms. The van der Waals surface area contributed by atoms with Crippen molar-refractivity contribution in [3.63, 3.8) is 0 Å². The van der Waals surface area contributed by atoms with Gasteiger partial charge in [0.25, 0.3) is 0 Å². The van der Waals surface area contributed by atoms with Crippen molar-refractivity contribution >= 4 is 87.8 Å². The van der Waals surface area contributed by atoms with Crippen LogP contribution in [-0.4, -0.2) is 155 Å². The molecule has 29 nitrogen and oxygen atoms in total. The van der Waals surface area contributed by atoms with Gasteiger partial charge in [0.1, 0.15) is 48.3 Å². The molecule has 426 valence electrons. The number of fused-ring (bicyclic) bond motifs is 1. The molecular weight excluding hydrogens is 1030 g/mol. The van der Waals surface area contributed by atoms with E-state index in [9.17, 15) is 52.7 Å². The van der Waals surface area contributed by atoms with Crippen LogP contribution in [-0.2, 0) is 59.2 Å². The van der Waals surface area contributed by atoms with Crippen LogP contribution in [0.2, 0.25) is 0 Å². The summed E-state index contributed by atoms with van der Waals surface area (Å²) in [5.74, 6) is -10.8. The molecule has 11 amide bonds. The van der Waals surface area contributed by atoms with Gasteiger partial charge in [0, 0.05) is 50.1 Å². The number of aromatic nitrogens is 1. The van der Waals surface area contributed by atoms with Gasteiger partial charge in [0.05, 0.1) is 19.4 Å². The summed E-state index contributed by atoms with van der Waals surface area (Å²) in [5, 5.41) is 41.4. The number of para-hydroxylation sites is 1. The summed E-state index contributed by atoms with van der Waals surface area (Å²) in [5.41, 5.74) is 23.7. The van der Waals surface area contributed by atoms with E-state index in [1.165, 1.54) is 19.1 Å². The number of piperazine rings is 1. The SMILES string of the molecule is CC(=O)N1C[C@H](C(=O)N[C@H]2CC(=O)NCCCC[C@@H](C(N)=O)NC(=O)[C@H](Cc3c[nH]c4ccccc34)NC(=O)[C@H](CCCNC(=N)N)NC(=O)C(c3ccccc3)NC(=O)[C@H](CC(N)=O)NC2=O)NC(=O)[C@@H]1CCCNC(=N)N. The van der Waals surface area contributed by atoms with Crippen molar-refractivity contribution in [2.75, 3.05) is 26.2 Å². The predicted octanol–water partition coefficient (Wildman–Crippen LogP) is -4.72. The van der Waals surface area contributed by atoms with E-state index in [4.69, 9.17) is 33.8 Å². The molecule has 1 aromatic heterocycles. The Balaban J connectivity index is 1.49. The van der Waals surface area contributed by atoms with Crippen molar-refractivity contribution < 1.29 is 52.7 Å². The molecule has 8 atom stereocenters. The van der Waals surface area contributed by atoms with Gasteiger partial charge in [-0.2, -0.15) is 0 Å². The highest BCUT2D eigenvalue weighted by molar-refractivity contribution is 6.01. The molecule has 0 saturated carbocycles. The average Bonchev–Trinajstić information content (AvgIpc) is 3.83. The number of primary amides is 2. The Morgan fingerprint density at radius 2 is 1.28 bits per heavy atom. The van der Waals surface area contributed by atoms with E-state index in [-0.39, 0.29) is 88.6 Å². The van der Waals surface area contributed by atoms with Gasteiger partial charge in [-0.3, -0.25) is 63.6 Å². The van der Waals surface area contributed by atoms with E-state index in [2.05, 4.69) is 58.2 Å². The topological polar surface area (TPSA) is 479 Å². The maximum absolute atomic E-state index is 14.6. The standard InChI is InChI=1S/C50H70N18O11/c1-26(69)68-25-36(66-47(78)37(68)17-10-20-59-50(55)56)46(77)65-35-23-39(71)57-18-8-7-15-31(41(52)72)61-43(74)33(21-28-24-60-30-14-6-5-13-29(28)30)63-42(73)32(16-9-19-58-49(53)54)62-48(79)40(27-11-3-2-4-12-27)67-45(76)34(22-38(51)70)64-44(35)75/h2-6,11-14,24,31-37,40,60H,7-10,15-23,25H2,1H3,(H2,51,70)(H2,52,72)(H,57,71)(H,61,74)(H,62,79)(H,63,73)(H,64,75)(H,65,77)(H,66,78)(H,67,76)(H4,53,54,58)(H4,55,56,59)/t31-,32-,33-,34-,35-,36+,37-,40?/m0/s1. The normalized spacial score (nSPS) is 23.2. The molecule has 0 aliphatic carbocycles. The Morgan fingerprint density at radius 3 is 1.94 bits per heavy atom. The Bertz CT molecular complexity index is 2760. The molecular formula is C50H70N18O11. The number of aromatic amines is 1. The number of hydrogen-bond donors (Lipinski definition) is 17. The molecule has 3 aromatic rings. The zero-order valence-electron chi connectivity index (χ0n) is 43.5. The van der Waals surface area contributed by atoms with Gasteiger partial charge in [-0.25, -0.2) is 0 Å². The highest BCUT2D eigenvalue weighted by Gasteiger charge is 2.41. The quantitative estimate of drug-likeness (QED) is 0.0364. The van der Waals surface area contributed by atoms with Crippen LogP contribution in [0.25, 0.3) is 10.9 Å². The molecule has 2 saturated heterocycles. The van der Waals surface area contributed by atoms with Gasteiger partial charge < -0.3 is 86.0 Å². The van der Waals surface area contributed by atoms with Crippen LogP contribution < -0.4 is 76.1 Å². The number of nitrogens with zero attached hydrogens (tertiary/aromatic N) is 1. The fraction of sp³-hybridized carbons (Fsp3) is 0.460. The average molecular weight is 1100 g/mol. The second-order valence-electron chi connectivity index (χ2n) is 19.1. The number of rotatable bonds is 16. The summed E-state index contributed by atoms with van der Waals surface area (Å²) < 4.78 is 0. The first-order chi connectivity index (χ1) is 37.6. The smallest absolute Gasteiger partial charge is 0.247 e. The van der Waals surface area contributed by atoms with Crippen molar-refractivity contribution in [2.24, 2.45) is 22.9 Å². The molecule has 2 aliphatic rings. The van der Waals surface area contributed by atoms with E-state index in [1.54, 1.807) is 42.6 Å². The first-order valence-corrected chi connectivity index (χ1v) is 25.6. The van der Waals surface area contributed by atoms with Gasteiger partial charge in [0.2, 0.25) is 65.0 Å². The van der Waals surface area contributed by atoms with Crippen molar-refractivity contribution in [2.45, 2.75) is 119 Å². The van der Waals surface area contributed by atoms with Gasteiger partial charge in [-0.15, -0.1) is 0 Å². The number of benzene rings is 2. The monoisotopic (exact) mass is 1100 g/mol. The fourth-order valence-electron chi connectivity index (χ4n) is 9.01. The number of guanidine groups is 2. The number of hydrogen-bond acceptors (Lipinski definition) is 13. The minimum Gasteiger partial charge on any atom is -0.370 e. The molecule has 0 spiro atoms. The van der Waals surface area contributed by atoms with Gasteiger partial charge in [0.15, 0.2) is 11.9 Å². The molecule has 2 aliphatic heterocycles. The predicted molar refractivity (Wildman–Crippen MR) is 285 cm³/mol. The van der Waals surface area contributed by atoms with Gasteiger partial charge >= 0.3 is 0 Å². The van der Waals surface area contributed by atoms with Gasteiger partial charge in [-0.05, 0) is 62.1 Å². The number of carbonyl (C=O) groups excluding carboxylic acids is 11. The summed E-state index contributed by atoms with van der Waals surface area (Å²) in [6.45, 7) is 1.05. The molecule has 2 fully saturated rings. The number of carbonyl (C=O) groups is 11. The third-order valence-corrected chi connectivity index (χ3v) is 13.1. The zero-order valence-corrected chi connectivity index (χ0v) is 43.5. The second-order valence-corrected chi connectivity index (χ2v) is 19.1. The Labute approximate surface area is 453 Å². The van der Waals surface area contributed by atoms with E-state index in [0.717, 1.165) is 15.8 Å². The number of amides is 11. The lowest BCUT2D eigenvalue weighted by molar-refractivity contribution is -0.146. The number of nitrogens with two attached hydrogens (primary N) is 4. The first-order valence-electron chi connectivity index (χ1n) is 25.6. The molecule has 21 N–H and O–H groups in total. The van der Waals surface area contributed by atoms with Crippen molar-refractivity contribution in [3.8, 4) is 0 Å². The molecule has 3 heterocycles. The molecule has 2 aromatic carbocycles. The van der Waals surface area contributed by atoms with Crippen LogP contribution in [0.3, 0.4) is 0 Å². The number of nitrogens with one attached hydrogen (secondary N) is 13. The second kappa shape index (κ2) is 29.3. The lowest BCUT2D eigenvalue weighted by Crippen LogP contribution is -2.66. The minimum absolute atomic E-state index is 0.0304. The zero-order chi connectivity index (χ0) is 57.8. The van der Waals surface area contributed by atoms with E-state index in [1.807, 2.05) is 6.07 Å². The lowest BCUT2D eigenvalue weighted by atomic mass is 10.0. The van der Waals surface area contributed by atoms with Crippen LogP contribution in [0, 0.1) is 10.8 Å². The van der Waals surface area contributed by atoms with Gasteiger partial charge in [-0.1, -0.05) is 48.5 Å². The van der Waals surface area contributed by atoms with Crippen LogP contribution in [0.15, 0.2) is 60.8 Å². The maximum atomic E-state index is 14.6. The van der Waals surface area contributed by atoms with E-state index < -0.39 is 126 Å². The first kappa shape index (κ1) is 60.6. The summed E-state index contributed by atoms with van der Waals surface area (Å²) in [7, 11) is 0. The molecule has 1 unspecified atom stereocenters. The van der Waals surface area contributed by atoms with Crippen molar-refractivity contribution in [1.82, 2.24) is 63.1 Å². The molecule has 0 bridgehead atoms. The van der Waals surface area contributed by atoms with Crippen LogP contribution in [0.4, 0.5) is 0 Å². The summed E-state index contributed by atoms with van der Waals surface area (Å²) >= 11 is 0.